The van der Waals surface area contributed by atoms with E-state index in [1.807, 2.05) is 0 Å². The van der Waals surface area contributed by atoms with Gasteiger partial charge in [-0.3, -0.25) is 0 Å². The van der Waals surface area contributed by atoms with Crippen molar-refractivity contribution in [3.63, 3.8) is 0 Å². The molecule has 0 aliphatic rings. The van der Waals surface area contributed by atoms with Gasteiger partial charge in [-0.1, -0.05) is 0 Å². The fourth-order valence-corrected chi connectivity index (χ4v) is 3.94. The van der Waals surface area contributed by atoms with Crippen molar-refractivity contribution >= 4 is 50.0 Å². The van der Waals surface area contributed by atoms with Crippen molar-refractivity contribution in [2.75, 3.05) is 12.5 Å². The van der Waals surface area contributed by atoms with Gasteiger partial charge in [0.1, 0.15) is 0 Å². The van der Waals surface area contributed by atoms with Gasteiger partial charge in [0, 0.05) is 0 Å². The molecule has 0 saturated carbocycles. The molecule has 4 heteroatoms. The van der Waals surface area contributed by atoms with Gasteiger partial charge in [-0.2, -0.15) is 12.5 Å². The van der Waals surface area contributed by atoms with Crippen LogP contribution in [0, 0.1) is 0 Å². The van der Waals surface area contributed by atoms with Crippen LogP contribution in [0.4, 0.5) is 0 Å². The second kappa shape index (κ2) is 14.7. The number of nitrogens with two attached hydrogens (primary N) is 1. The molecule has 15 heavy (non-hydrogen) atoms. The van der Waals surface area contributed by atoms with Crippen LogP contribution in [0.2, 0.25) is 4.44 Å². The topological polar surface area (TPSA) is 26.0 Å². The molecule has 0 atom stereocenters. The molecule has 0 fully saturated rings. The van der Waals surface area contributed by atoms with Gasteiger partial charge in [-0.05, 0) is 0 Å². The summed E-state index contributed by atoms with van der Waals surface area (Å²) < 4.78 is 2.93. The van der Waals surface area contributed by atoms with Crippen molar-refractivity contribution in [3.8, 4) is 0 Å². The fraction of sp³-hybridized carbons (Fsp3) is 0.455. The van der Waals surface area contributed by atoms with Crippen LogP contribution in [0.1, 0.15) is 12.5 Å². The van der Waals surface area contributed by atoms with E-state index in [4.69, 9.17) is 5.73 Å². The molecule has 2 N–H and O–H groups in total. The van der Waals surface area contributed by atoms with Gasteiger partial charge in [0.15, 0.2) is 0 Å². The maximum Gasteiger partial charge on any atom is -0.189 e. The average Bonchev–Trinajstić information content (AvgIpc) is 2.35. The Morgan fingerprint density at radius 1 is 1.13 bits per heavy atom. The summed E-state index contributed by atoms with van der Waals surface area (Å²) in [5.74, 6) is 0. The third-order valence-corrected chi connectivity index (χ3v) is 5.09. The first-order valence-electron chi connectivity index (χ1n) is 4.72. The van der Waals surface area contributed by atoms with Gasteiger partial charge in [-0.15, -0.1) is 0 Å². The molecule has 0 aromatic heterocycles. The van der Waals surface area contributed by atoms with Crippen LogP contribution in [-0.2, 0) is 31.8 Å². The Kier molecular flexibility index (Phi) is 17.7. The minimum Gasteiger partial charge on any atom is -0.796 e. The first kappa shape index (κ1) is 18.1. The molecule has 0 radical (unpaired) electrons. The molecule has 0 aliphatic heterocycles. The van der Waals surface area contributed by atoms with E-state index in [-0.39, 0.29) is 21.1 Å². The number of hydrogen-bond acceptors (Lipinski definition) is 3. The van der Waals surface area contributed by atoms with E-state index >= 15 is 0 Å². The predicted molar refractivity (Wildman–Crippen MR) is 76.8 cm³/mol. The normalized spacial score (nSPS) is 7.60. The minimum absolute atomic E-state index is 0.282. The van der Waals surface area contributed by atoms with Gasteiger partial charge < -0.3 is 25.3 Å². The number of rotatable bonds is 3. The zero-order valence-corrected chi connectivity index (χ0v) is 14.1. The second-order valence-electron chi connectivity index (χ2n) is 2.39. The van der Waals surface area contributed by atoms with Crippen molar-refractivity contribution in [2.24, 2.45) is 5.73 Å². The molecule has 1 nitrogen and oxygen atoms in total. The first-order valence-corrected chi connectivity index (χ1v) is 9.79. The summed E-state index contributed by atoms with van der Waals surface area (Å²) in [6, 6.07) is 8.56. The van der Waals surface area contributed by atoms with Crippen molar-refractivity contribution in [2.45, 2.75) is 17.9 Å². The van der Waals surface area contributed by atoms with E-state index in [0.29, 0.717) is 6.54 Å². The molecule has 0 unspecified atom stereocenters. The average molecular weight is 348 g/mol. The van der Waals surface area contributed by atoms with Crippen LogP contribution < -0.4 is 9.31 Å². The Balaban J connectivity index is 0. The first-order chi connectivity index (χ1) is 7.38. The molecule has 1 aromatic carbocycles. The smallest absolute Gasteiger partial charge is 0.189 e. The van der Waals surface area contributed by atoms with Crippen molar-refractivity contribution in [1.29, 1.82) is 0 Å². The number of hydrogen-bond donors (Lipinski definition) is 1. The van der Waals surface area contributed by atoms with E-state index < -0.39 is 0 Å². The second-order valence-corrected chi connectivity index (χ2v) is 6.96. The molecular formula is C11H19NS2Sn. The summed E-state index contributed by atoms with van der Waals surface area (Å²) in [5, 5.41) is 0. The molecule has 1 aromatic rings. The molecule has 0 heterocycles. The van der Waals surface area contributed by atoms with Crippen LogP contribution in [0.5, 0.6) is 0 Å². The third kappa shape index (κ3) is 8.48. The predicted octanol–water partition coefficient (Wildman–Crippen LogP) is 1.24. The van der Waals surface area contributed by atoms with Crippen LogP contribution in [0.3, 0.4) is 0 Å². The van der Waals surface area contributed by atoms with E-state index in [2.05, 4.69) is 56.4 Å². The van der Waals surface area contributed by atoms with Crippen LogP contribution >= 0.6 is 0 Å². The van der Waals surface area contributed by atoms with Gasteiger partial charge in [0.2, 0.25) is 0 Å². The molecular weight excluding hydrogens is 329 g/mol. The number of benzene rings is 1. The van der Waals surface area contributed by atoms with Crippen LogP contribution in [0.15, 0.2) is 24.3 Å². The van der Waals surface area contributed by atoms with Gasteiger partial charge in [0.05, 0.1) is 0 Å². The molecule has 0 saturated heterocycles. The van der Waals surface area contributed by atoms with E-state index in [1.54, 1.807) is 16.1 Å². The molecule has 0 spiro atoms. The molecule has 0 bridgehead atoms. The monoisotopic (exact) mass is 349 g/mol. The standard InChI is InChI=1S/C7H8N.C2H5.2CH4S.Sn/c8-6-7-4-2-1-3-5-7;3*1-2;/h1-4H,6,8H2;1H2,2H3;2*2H,1H3;/q;;;;+2/p-2. The molecule has 0 aliphatic carbocycles. The summed E-state index contributed by atoms with van der Waals surface area (Å²) in [4.78, 5) is 0. The summed E-state index contributed by atoms with van der Waals surface area (Å²) in [6.07, 6.45) is 3.17. The van der Waals surface area contributed by atoms with E-state index in [0.717, 1.165) is 0 Å². The molecule has 1 rings (SSSR count). The Morgan fingerprint density at radius 2 is 1.67 bits per heavy atom. The summed E-state index contributed by atoms with van der Waals surface area (Å²) >= 11 is 7.88. The molecule has 84 valence electrons. The Bertz CT molecular complexity index is 232. The largest absolute Gasteiger partial charge is 0.796 e. The summed E-state index contributed by atoms with van der Waals surface area (Å²) in [5.41, 5.74) is 6.97. The summed E-state index contributed by atoms with van der Waals surface area (Å²) in [6.45, 7) is 2.97. The Morgan fingerprint density at radius 3 is 2.13 bits per heavy atom. The van der Waals surface area contributed by atoms with Crippen molar-refractivity contribution < 1.29 is 0 Å². The van der Waals surface area contributed by atoms with Gasteiger partial charge >= 0.3 is 78.2 Å². The van der Waals surface area contributed by atoms with Gasteiger partial charge in [0.25, 0.3) is 0 Å². The molecule has 0 amide bonds. The summed E-state index contributed by atoms with van der Waals surface area (Å²) in [7, 11) is 0. The quantitative estimate of drug-likeness (QED) is 0.658. The van der Waals surface area contributed by atoms with Crippen LogP contribution in [-0.4, -0.2) is 33.7 Å². The minimum atomic E-state index is -0.282. The maximum atomic E-state index is 5.61. The van der Waals surface area contributed by atoms with Gasteiger partial charge in [-0.25, -0.2) is 0 Å². The zero-order chi connectivity index (χ0) is 12.1. The Labute approximate surface area is 115 Å². The van der Waals surface area contributed by atoms with Crippen molar-refractivity contribution in [3.05, 3.63) is 29.8 Å². The Hall–Kier alpha value is 0.679. The SMILES string of the molecule is C[CH2][Sn+2][c]1ccccc1CN.C[S-].C[S-]. The van der Waals surface area contributed by atoms with E-state index in [1.165, 1.54) is 10.0 Å². The van der Waals surface area contributed by atoms with Crippen LogP contribution in [0.25, 0.3) is 0 Å². The fourth-order valence-electron chi connectivity index (χ4n) is 1.06. The van der Waals surface area contributed by atoms with E-state index in [9.17, 15) is 0 Å². The maximum absolute atomic E-state index is 5.61. The zero-order valence-electron chi connectivity index (χ0n) is 9.62. The third-order valence-electron chi connectivity index (χ3n) is 1.60. The van der Waals surface area contributed by atoms with Crippen molar-refractivity contribution in [1.82, 2.24) is 0 Å².